The van der Waals surface area contributed by atoms with Gasteiger partial charge in [-0.15, -0.1) is 0 Å². The third-order valence-corrected chi connectivity index (χ3v) is 4.25. The molecule has 3 N–H and O–H groups in total. The number of rotatable bonds is 7. The molecule has 0 unspecified atom stereocenters. The van der Waals surface area contributed by atoms with Crippen molar-refractivity contribution in [3.8, 4) is 5.75 Å². The second-order valence-corrected chi connectivity index (χ2v) is 6.36. The first kappa shape index (κ1) is 15.3. The van der Waals surface area contributed by atoms with Crippen molar-refractivity contribution in [1.82, 2.24) is 0 Å². The predicted octanol–water partition coefficient (Wildman–Crippen LogP) is 1.17. The Morgan fingerprint density at radius 1 is 1.37 bits per heavy atom. The van der Waals surface area contributed by atoms with Gasteiger partial charge in [-0.3, -0.25) is 0 Å². The monoisotopic (exact) mass is 287 g/mol. The topological polar surface area (TPSA) is 107 Å². The van der Waals surface area contributed by atoms with Gasteiger partial charge in [0.1, 0.15) is 12.4 Å². The second kappa shape index (κ2) is 6.42. The van der Waals surface area contributed by atoms with Crippen molar-refractivity contribution in [3.05, 3.63) is 23.8 Å². The van der Waals surface area contributed by atoms with Crippen LogP contribution in [0.5, 0.6) is 5.75 Å². The number of sulfone groups is 1. The van der Waals surface area contributed by atoms with Crippen molar-refractivity contribution in [2.75, 3.05) is 23.8 Å². The Kier molecular flexibility index (Phi) is 5.17. The summed E-state index contributed by atoms with van der Waals surface area (Å²) in [5, 5.41) is 8.80. The van der Waals surface area contributed by atoms with Crippen LogP contribution in [0.2, 0.25) is 0 Å². The van der Waals surface area contributed by atoms with Crippen molar-refractivity contribution in [3.63, 3.8) is 0 Å². The molecular weight excluding hydrogens is 270 g/mol. The van der Waals surface area contributed by atoms with E-state index in [4.69, 9.17) is 15.6 Å². The van der Waals surface area contributed by atoms with E-state index in [-0.39, 0.29) is 29.4 Å². The number of carbonyl (C=O) groups is 1. The van der Waals surface area contributed by atoms with E-state index in [0.29, 0.717) is 12.2 Å². The Bertz CT molecular complexity index is 553. The van der Waals surface area contributed by atoms with Crippen LogP contribution in [0.1, 0.15) is 23.7 Å². The number of carboxylic acid groups (broad SMARTS) is 1. The summed E-state index contributed by atoms with van der Waals surface area (Å²) < 4.78 is 28.1. The van der Waals surface area contributed by atoms with Crippen LogP contribution in [0, 0.1) is 0 Å². The molecule has 0 aliphatic rings. The number of nitrogen functional groups attached to an aromatic ring is 1. The van der Waals surface area contributed by atoms with Crippen molar-refractivity contribution in [1.29, 1.82) is 0 Å². The SMILES string of the molecule is CCCS(=O)(=O)CCOc1ccc(C(=O)O)c(N)c1. The van der Waals surface area contributed by atoms with E-state index in [2.05, 4.69) is 0 Å². The van der Waals surface area contributed by atoms with Crippen LogP contribution in [-0.2, 0) is 9.84 Å². The van der Waals surface area contributed by atoms with Crippen molar-refractivity contribution < 1.29 is 23.1 Å². The minimum Gasteiger partial charge on any atom is -0.492 e. The summed E-state index contributed by atoms with van der Waals surface area (Å²) in [5.41, 5.74) is 5.62. The quantitative estimate of drug-likeness (QED) is 0.729. The molecule has 6 nitrogen and oxygen atoms in total. The van der Waals surface area contributed by atoms with Gasteiger partial charge < -0.3 is 15.6 Å². The van der Waals surface area contributed by atoms with E-state index in [0.717, 1.165) is 0 Å². The van der Waals surface area contributed by atoms with E-state index in [9.17, 15) is 13.2 Å². The average molecular weight is 287 g/mol. The fraction of sp³-hybridized carbons (Fsp3) is 0.417. The van der Waals surface area contributed by atoms with Crippen molar-refractivity contribution >= 4 is 21.5 Å². The first-order valence-corrected chi connectivity index (χ1v) is 7.64. The van der Waals surface area contributed by atoms with Crippen molar-refractivity contribution in [2.45, 2.75) is 13.3 Å². The number of carboxylic acids is 1. The number of hydrogen-bond donors (Lipinski definition) is 2. The molecule has 0 spiro atoms. The molecule has 0 saturated heterocycles. The summed E-state index contributed by atoms with van der Waals surface area (Å²) in [7, 11) is -3.08. The normalized spacial score (nSPS) is 11.2. The minimum absolute atomic E-state index is 0.00838. The molecule has 0 saturated carbocycles. The highest BCUT2D eigenvalue weighted by atomic mass is 32.2. The lowest BCUT2D eigenvalue weighted by Gasteiger charge is -2.08. The molecule has 7 heteroatoms. The highest BCUT2D eigenvalue weighted by molar-refractivity contribution is 7.91. The lowest BCUT2D eigenvalue weighted by Crippen LogP contribution is -2.16. The fourth-order valence-electron chi connectivity index (χ4n) is 1.52. The number of hydrogen-bond acceptors (Lipinski definition) is 5. The third kappa shape index (κ3) is 4.78. The Balaban J connectivity index is 2.60. The highest BCUT2D eigenvalue weighted by Gasteiger charge is 2.11. The van der Waals surface area contributed by atoms with Crippen LogP contribution in [0.3, 0.4) is 0 Å². The maximum atomic E-state index is 11.4. The number of aromatic carboxylic acids is 1. The second-order valence-electron chi connectivity index (χ2n) is 4.05. The van der Waals surface area contributed by atoms with Crippen LogP contribution in [0.15, 0.2) is 18.2 Å². The van der Waals surface area contributed by atoms with Gasteiger partial charge in [-0.05, 0) is 18.6 Å². The molecule has 1 aromatic carbocycles. The molecule has 0 aromatic heterocycles. The zero-order chi connectivity index (χ0) is 14.5. The first-order chi connectivity index (χ1) is 8.85. The average Bonchev–Trinajstić information content (AvgIpc) is 2.28. The smallest absolute Gasteiger partial charge is 0.337 e. The number of nitrogens with two attached hydrogens (primary N) is 1. The van der Waals surface area contributed by atoms with Crippen LogP contribution >= 0.6 is 0 Å². The first-order valence-electron chi connectivity index (χ1n) is 5.82. The fourth-order valence-corrected chi connectivity index (χ4v) is 2.69. The van der Waals surface area contributed by atoms with E-state index >= 15 is 0 Å². The molecule has 0 aliphatic carbocycles. The van der Waals surface area contributed by atoms with E-state index in [1.54, 1.807) is 6.92 Å². The largest absolute Gasteiger partial charge is 0.492 e. The van der Waals surface area contributed by atoms with Gasteiger partial charge in [-0.2, -0.15) is 0 Å². The van der Waals surface area contributed by atoms with E-state index < -0.39 is 15.8 Å². The highest BCUT2D eigenvalue weighted by Crippen LogP contribution is 2.19. The van der Waals surface area contributed by atoms with E-state index in [1.165, 1.54) is 18.2 Å². The summed E-state index contributed by atoms with van der Waals surface area (Å²) in [6.07, 6.45) is 0.572. The van der Waals surface area contributed by atoms with Gasteiger partial charge in [0.25, 0.3) is 0 Å². The van der Waals surface area contributed by atoms with Gasteiger partial charge in [0.15, 0.2) is 9.84 Å². The Labute approximate surface area is 112 Å². The Morgan fingerprint density at radius 3 is 2.58 bits per heavy atom. The molecule has 0 atom stereocenters. The number of ether oxygens (including phenoxy) is 1. The molecule has 19 heavy (non-hydrogen) atoms. The lowest BCUT2D eigenvalue weighted by atomic mass is 10.2. The molecule has 0 amide bonds. The summed E-state index contributed by atoms with van der Waals surface area (Å²) in [6, 6.07) is 4.15. The molecule has 1 aromatic rings. The maximum Gasteiger partial charge on any atom is 0.337 e. The third-order valence-electron chi connectivity index (χ3n) is 2.43. The standard InChI is InChI=1S/C12H17NO5S/c1-2-6-19(16,17)7-5-18-9-3-4-10(12(14)15)11(13)8-9/h3-4,8H,2,5-7,13H2,1H3,(H,14,15). The molecule has 0 fully saturated rings. The summed E-state index contributed by atoms with van der Waals surface area (Å²) >= 11 is 0. The van der Waals surface area contributed by atoms with Gasteiger partial charge in [0.05, 0.1) is 17.1 Å². The Morgan fingerprint density at radius 2 is 2.05 bits per heavy atom. The molecule has 0 aliphatic heterocycles. The predicted molar refractivity (Wildman–Crippen MR) is 72.3 cm³/mol. The van der Waals surface area contributed by atoms with Gasteiger partial charge in [0.2, 0.25) is 0 Å². The zero-order valence-corrected chi connectivity index (χ0v) is 11.4. The van der Waals surface area contributed by atoms with Gasteiger partial charge in [-0.1, -0.05) is 6.92 Å². The molecular formula is C12H17NO5S. The number of anilines is 1. The molecule has 0 heterocycles. The molecule has 106 valence electrons. The summed E-state index contributed by atoms with van der Waals surface area (Å²) in [4.78, 5) is 10.8. The van der Waals surface area contributed by atoms with Crippen LogP contribution in [0.25, 0.3) is 0 Å². The van der Waals surface area contributed by atoms with Crippen LogP contribution in [0.4, 0.5) is 5.69 Å². The zero-order valence-electron chi connectivity index (χ0n) is 10.6. The van der Waals surface area contributed by atoms with Gasteiger partial charge in [0, 0.05) is 11.8 Å². The summed E-state index contributed by atoms with van der Waals surface area (Å²) in [5.74, 6) is -0.693. The van der Waals surface area contributed by atoms with Crippen LogP contribution < -0.4 is 10.5 Å². The maximum absolute atomic E-state index is 11.4. The van der Waals surface area contributed by atoms with Crippen LogP contribution in [-0.4, -0.2) is 37.6 Å². The van der Waals surface area contributed by atoms with E-state index in [1.807, 2.05) is 0 Å². The number of benzene rings is 1. The molecule has 0 bridgehead atoms. The summed E-state index contributed by atoms with van der Waals surface area (Å²) in [6.45, 7) is 1.82. The Hall–Kier alpha value is -1.76. The molecule has 0 radical (unpaired) electrons. The van der Waals surface area contributed by atoms with Crippen molar-refractivity contribution in [2.24, 2.45) is 0 Å². The lowest BCUT2D eigenvalue weighted by molar-refractivity contribution is 0.0698. The molecule has 1 rings (SSSR count). The van der Waals surface area contributed by atoms with Gasteiger partial charge in [-0.25, -0.2) is 13.2 Å². The van der Waals surface area contributed by atoms with Gasteiger partial charge >= 0.3 is 5.97 Å². The minimum atomic E-state index is -3.08.